The smallest absolute Gasteiger partial charge is 0.280 e. The molecule has 0 bridgehead atoms. The van der Waals surface area contributed by atoms with Crippen LogP contribution in [0.2, 0.25) is 0 Å². The minimum absolute atomic E-state index is 0.0290. The molecule has 1 aromatic carbocycles. The van der Waals surface area contributed by atoms with Crippen LogP contribution >= 0.6 is 11.3 Å². The van der Waals surface area contributed by atoms with Gasteiger partial charge in [0.25, 0.3) is 11.8 Å². The molecule has 4 heterocycles. The van der Waals surface area contributed by atoms with Crippen LogP contribution < -0.4 is 10.6 Å². The molecule has 192 valence electrons. The molecule has 5 rings (SSSR count). The van der Waals surface area contributed by atoms with Gasteiger partial charge in [0, 0.05) is 48.4 Å². The number of hydrogen-bond acceptors (Lipinski definition) is 7. The van der Waals surface area contributed by atoms with Gasteiger partial charge in [0.2, 0.25) is 10.0 Å². The molecule has 2 atom stereocenters. The number of benzene rings is 1. The third-order valence-corrected chi connectivity index (χ3v) is 8.97. The molecule has 2 aromatic heterocycles. The van der Waals surface area contributed by atoms with Gasteiger partial charge in [-0.1, -0.05) is 0 Å². The molecule has 2 aliphatic rings. The topological polar surface area (TPSA) is 128 Å². The van der Waals surface area contributed by atoms with Crippen molar-refractivity contribution >= 4 is 44.1 Å². The molecule has 36 heavy (non-hydrogen) atoms. The van der Waals surface area contributed by atoms with E-state index in [4.69, 9.17) is 0 Å². The van der Waals surface area contributed by atoms with E-state index in [9.17, 15) is 22.4 Å². The van der Waals surface area contributed by atoms with Crippen molar-refractivity contribution in [3.8, 4) is 0 Å². The molecule has 1 fully saturated rings. The Kier molecular flexibility index (Phi) is 6.57. The maximum absolute atomic E-state index is 13.5. The van der Waals surface area contributed by atoms with Crippen LogP contribution in [0.4, 0.5) is 4.39 Å². The van der Waals surface area contributed by atoms with Crippen molar-refractivity contribution in [2.24, 2.45) is 0 Å². The second-order valence-electron chi connectivity index (χ2n) is 9.36. The number of nitrogens with one attached hydrogen (secondary N) is 3. The Labute approximate surface area is 211 Å². The molecule has 0 saturated carbocycles. The molecule has 0 unspecified atom stereocenters. The first-order valence-corrected chi connectivity index (χ1v) is 14.3. The van der Waals surface area contributed by atoms with Gasteiger partial charge in [0.15, 0.2) is 5.01 Å². The first-order chi connectivity index (χ1) is 17.1. The number of piperidine rings is 1. The van der Waals surface area contributed by atoms with Crippen LogP contribution in [0, 0.1) is 5.82 Å². The van der Waals surface area contributed by atoms with Gasteiger partial charge in [0.05, 0.1) is 24.0 Å². The molecule has 3 aromatic rings. The van der Waals surface area contributed by atoms with Crippen LogP contribution in [0.1, 0.15) is 37.3 Å². The summed E-state index contributed by atoms with van der Waals surface area (Å²) in [5.74, 6) is -1.21. The highest BCUT2D eigenvalue weighted by Gasteiger charge is 2.36. The van der Waals surface area contributed by atoms with Gasteiger partial charge in [0.1, 0.15) is 11.5 Å². The number of amides is 2. The average Bonchev–Trinajstić information content (AvgIpc) is 3.43. The van der Waals surface area contributed by atoms with E-state index in [1.54, 1.807) is 12.1 Å². The van der Waals surface area contributed by atoms with Gasteiger partial charge in [-0.05, 0) is 37.7 Å². The number of H-pyrrole nitrogens is 1. The first-order valence-electron chi connectivity index (χ1n) is 11.6. The number of halogens is 1. The highest BCUT2D eigenvalue weighted by molar-refractivity contribution is 7.88. The summed E-state index contributed by atoms with van der Waals surface area (Å²) < 4.78 is 39.3. The highest BCUT2D eigenvalue weighted by Crippen LogP contribution is 2.25. The Balaban J connectivity index is 1.34. The SMILES string of the molecule is CN1CCc2nc(C(=O)N[C@@H]3CN(S(C)(=O)=O)CC[C@@H]3NC(=O)c3cc4cc(F)ccc4[nH]3)sc2C1. The molecule has 10 nitrogen and oxygen atoms in total. The molecule has 0 radical (unpaired) electrons. The lowest BCUT2D eigenvalue weighted by molar-refractivity contribution is 0.0847. The number of aromatic nitrogens is 2. The van der Waals surface area contributed by atoms with Crippen LogP contribution in [0.5, 0.6) is 0 Å². The fourth-order valence-corrected chi connectivity index (χ4v) is 6.62. The van der Waals surface area contributed by atoms with E-state index in [0.29, 0.717) is 22.3 Å². The Morgan fingerprint density at radius 3 is 2.72 bits per heavy atom. The second kappa shape index (κ2) is 9.54. The fraction of sp³-hybridized carbons (Fsp3) is 0.435. The summed E-state index contributed by atoms with van der Waals surface area (Å²) in [7, 11) is -1.47. The maximum atomic E-state index is 13.5. The Morgan fingerprint density at radius 2 is 1.94 bits per heavy atom. The van der Waals surface area contributed by atoms with Gasteiger partial charge in [-0.15, -0.1) is 11.3 Å². The number of carbonyl (C=O) groups excluding carboxylic acids is 2. The number of thiazole rings is 1. The van der Waals surface area contributed by atoms with E-state index < -0.39 is 39.7 Å². The number of rotatable bonds is 5. The van der Waals surface area contributed by atoms with Gasteiger partial charge in [-0.25, -0.2) is 17.8 Å². The Bertz CT molecular complexity index is 1440. The van der Waals surface area contributed by atoms with E-state index in [2.05, 4.69) is 25.5 Å². The van der Waals surface area contributed by atoms with Crippen molar-refractivity contribution in [1.82, 2.24) is 29.8 Å². The third kappa shape index (κ3) is 5.14. The van der Waals surface area contributed by atoms with E-state index in [1.165, 1.54) is 27.8 Å². The lowest BCUT2D eigenvalue weighted by Crippen LogP contribution is -2.61. The number of nitrogens with zero attached hydrogens (tertiary/aromatic N) is 3. The van der Waals surface area contributed by atoms with Gasteiger partial charge < -0.3 is 20.5 Å². The summed E-state index contributed by atoms with van der Waals surface area (Å²) in [4.78, 5) is 36.8. The van der Waals surface area contributed by atoms with Crippen molar-refractivity contribution in [3.05, 3.63) is 51.4 Å². The number of sulfonamides is 1. The summed E-state index contributed by atoms with van der Waals surface area (Å²) in [6.45, 7) is 1.85. The molecule has 0 aliphatic carbocycles. The van der Waals surface area contributed by atoms with Crippen LogP contribution in [-0.2, 0) is 23.0 Å². The minimum Gasteiger partial charge on any atom is -0.351 e. The van der Waals surface area contributed by atoms with Crippen molar-refractivity contribution in [2.45, 2.75) is 31.5 Å². The lowest BCUT2D eigenvalue weighted by Gasteiger charge is -2.37. The first kappa shape index (κ1) is 24.8. The highest BCUT2D eigenvalue weighted by atomic mass is 32.2. The molecule has 0 spiro atoms. The Hall–Kier alpha value is -2.87. The van der Waals surface area contributed by atoms with Crippen LogP contribution in [0.15, 0.2) is 24.3 Å². The van der Waals surface area contributed by atoms with Crippen molar-refractivity contribution in [1.29, 1.82) is 0 Å². The van der Waals surface area contributed by atoms with Gasteiger partial charge in [-0.3, -0.25) is 9.59 Å². The second-order valence-corrected chi connectivity index (χ2v) is 12.4. The summed E-state index contributed by atoms with van der Waals surface area (Å²) in [6, 6.07) is 4.59. The molecule has 13 heteroatoms. The zero-order chi connectivity index (χ0) is 25.6. The minimum atomic E-state index is -3.48. The van der Waals surface area contributed by atoms with E-state index in [-0.39, 0.29) is 18.8 Å². The molecular formula is C23H27FN6O4S2. The standard InChI is InChI=1S/C23H27FN6O4S2/c1-29-7-5-17-20(12-29)35-23(28-17)22(32)27-19-11-30(36(2,33)34)8-6-16(19)26-21(31)18-10-13-9-14(24)3-4-15(13)25-18/h3-4,9-10,16,19,25H,5-8,11-12H2,1-2H3,(H,26,31)(H,27,32)/t16-,19+/m0/s1. The van der Waals surface area contributed by atoms with Gasteiger partial charge >= 0.3 is 0 Å². The monoisotopic (exact) mass is 534 g/mol. The zero-order valence-electron chi connectivity index (χ0n) is 19.9. The molecular weight excluding hydrogens is 507 g/mol. The average molecular weight is 535 g/mol. The summed E-state index contributed by atoms with van der Waals surface area (Å²) >= 11 is 1.34. The maximum Gasteiger partial charge on any atom is 0.280 e. The Morgan fingerprint density at radius 1 is 1.17 bits per heavy atom. The van der Waals surface area contributed by atoms with Crippen LogP contribution in [0.3, 0.4) is 0 Å². The quantitative estimate of drug-likeness (QED) is 0.453. The summed E-state index contributed by atoms with van der Waals surface area (Å²) in [6.07, 6.45) is 2.21. The number of hydrogen-bond donors (Lipinski definition) is 3. The summed E-state index contributed by atoms with van der Waals surface area (Å²) in [5.41, 5.74) is 1.80. The van der Waals surface area contributed by atoms with E-state index in [0.717, 1.165) is 36.3 Å². The third-order valence-electron chi connectivity index (χ3n) is 6.62. The van der Waals surface area contributed by atoms with Crippen LogP contribution in [-0.4, -0.2) is 84.4 Å². The largest absolute Gasteiger partial charge is 0.351 e. The van der Waals surface area contributed by atoms with E-state index >= 15 is 0 Å². The van der Waals surface area contributed by atoms with Crippen molar-refractivity contribution in [3.63, 3.8) is 0 Å². The lowest BCUT2D eigenvalue weighted by atomic mass is 10.0. The fourth-order valence-electron chi connectivity index (χ4n) is 4.66. The molecule has 1 saturated heterocycles. The molecule has 2 aliphatic heterocycles. The van der Waals surface area contributed by atoms with Crippen LogP contribution in [0.25, 0.3) is 10.9 Å². The predicted molar refractivity (Wildman–Crippen MR) is 134 cm³/mol. The number of carbonyl (C=O) groups is 2. The number of fused-ring (bicyclic) bond motifs is 2. The molecule has 3 N–H and O–H groups in total. The van der Waals surface area contributed by atoms with Gasteiger partial charge in [-0.2, -0.15) is 4.31 Å². The van der Waals surface area contributed by atoms with E-state index in [1.807, 2.05) is 7.05 Å². The summed E-state index contributed by atoms with van der Waals surface area (Å²) in [5, 5.41) is 6.73. The van der Waals surface area contributed by atoms with Crippen molar-refractivity contribution in [2.75, 3.05) is 32.9 Å². The normalized spacial score (nSPS) is 21.3. The zero-order valence-corrected chi connectivity index (χ0v) is 21.5. The number of likely N-dealkylation sites (N-methyl/N-ethyl adjacent to an activating group) is 1. The number of aromatic amines is 1. The molecule has 2 amide bonds. The predicted octanol–water partition coefficient (Wildman–Crippen LogP) is 1.31. The van der Waals surface area contributed by atoms with Crippen molar-refractivity contribution < 1.29 is 22.4 Å².